The summed E-state index contributed by atoms with van der Waals surface area (Å²) in [6, 6.07) is 0. The molecule has 2 N–H and O–H groups in total. The zero-order chi connectivity index (χ0) is 11.4. The van der Waals surface area contributed by atoms with Crippen molar-refractivity contribution in [3.05, 3.63) is 5.01 Å². The summed E-state index contributed by atoms with van der Waals surface area (Å²) in [5.74, 6) is 0.0560. The fourth-order valence-corrected chi connectivity index (χ4v) is 1.90. The number of carbonyl (C=O) groups excluding carboxylic acids is 1. The molecule has 0 aliphatic heterocycles. The van der Waals surface area contributed by atoms with Crippen molar-refractivity contribution in [1.82, 2.24) is 10.2 Å². The lowest BCUT2D eigenvalue weighted by molar-refractivity contribution is -0.123. The van der Waals surface area contributed by atoms with Crippen LogP contribution in [0.1, 0.15) is 25.8 Å². The lowest BCUT2D eigenvalue weighted by atomic mass is 10.1. The number of aliphatic hydroxyl groups excluding tert-OH is 1. The van der Waals surface area contributed by atoms with Gasteiger partial charge in [-0.1, -0.05) is 25.2 Å². The molecule has 0 saturated carbocycles. The van der Waals surface area contributed by atoms with Gasteiger partial charge in [0.15, 0.2) is 0 Å². The number of aliphatic hydroxyl groups is 1. The molecule has 0 fully saturated rings. The maximum Gasteiger partial charge on any atom is 0.254 e. The van der Waals surface area contributed by atoms with Crippen LogP contribution < -0.4 is 5.32 Å². The Balaban J connectivity index is 2.56. The van der Waals surface area contributed by atoms with E-state index >= 15 is 0 Å². The van der Waals surface area contributed by atoms with E-state index in [4.69, 9.17) is 5.11 Å². The van der Waals surface area contributed by atoms with Gasteiger partial charge in [-0.25, -0.2) is 0 Å². The molecule has 6 heteroatoms. The molecule has 1 amide bonds. The van der Waals surface area contributed by atoms with Crippen molar-refractivity contribution >= 4 is 22.4 Å². The first-order valence-electron chi connectivity index (χ1n) is 4.80. The number of anilines is 1. The molecule has 0 aliphatic rings. The quantitative estimate of drug-likeness (QED) is 0.809. The molecule has 15 heavy (non-hydrogen) atoms. The van der Waals surface area contributed by atoms with Crippen molar-refractivity contribution < 1.29 is 9.90 Å². The SMILES string of the molecule is CC(C)Cc1nnc(NC(=O)C(C)O)s1. The van der Waals surface area contributed by atoms with E-state index in [1.54, 1.807) is 0 Å². The van der Waals surface area contributed by atoms with Crippen LogP contribution >= 0.6 is 11.3 Å². The van der Waals surface area contributed by atoms with Gasteiger partial charge >= 0.3 is 0 Å². The van der Waals surface area contributed by atoms with E-state index in [2.05, 4.69) is 29.4 Å². The first kappa shape index (κ1) is 12.1. The van der Waals surface area contributed by atoms with Crippen molar-refractivity contribution in [3.63, 3.8) is 0 Å². The molecule has 0 aromatic carbocycles. The van der Waals surface area contributed by atoms with Crippen molar-refractivity contribution in [3.8, 4) is 0 Å². The Morgan fingerprint density at radius 1 is 1.47 bits per heavy atom. The second-order valence-electron chi connectivity index (χ2n) is 3.76. The predicted octanol–water partition coefficient (Wildman–Crippen LogP) is 1.06. The predicted molar refractivity (Wildman–Crippen MR) is 58.8 cm³/mol. The molecular formula is C9H15N3O2S. The highest BCUT2D eigenvalue weighted by molar-refractivity contribution is 7.15. The van der Waals surface area contributed by atoms with Crippen molar-refractivity contribution in [1.29, 1.82) is 0 Å². The standard InChI is InChI=1S/C9H15N3O2S/c1-5(2)4-7-11-12-9(15-7)10-8(14)6(3)13/h5-6,13H,4H2,1-3H3,(H,10,12,14). The van der Waals surface area contributed by atoms with Gasteiger partial charge in [0.25, 0.3) is 5.91 Å². The number of hydrogen-bond acceptors (Lipinski definition) is 5. The maximum absolute atomic E-state index is 11.1. The van der Waals surface area contributed by atoms with Gasteiger partial charge in [-0.05, 0) is 12.8 Å². The molecule has 1 rings (SSSR count). The van der Waals surface area contributed by atoms with Gasteiger partial charge in [-0.15, -0.1) is 10.2 Å². The molecule has 1 aromatic heterocycles. The van der Waals surface area contributed by atoms with Gasteiger partial charge in [-0.3, -0.25) is 10.1 Å². The molecule has 0 bridgehead atoms. The Morgan fingerprint density at radius 2 is 2.13 bits per heavy atom. The van der Waals surface area contributed by atoms with Crippen molar-refractivity contribution in [2.45, 2.75) is 33.3 Å². The summed E-state index contributed by atoms with van der Waals surface area (Å²) in [6.07, 6.45) is -0.176. The van der Waals surface area contributed by atoms with Gasteiger partial charge < -0.3 is 5.11 Å². The third-order valence-electron chi connectivity index (χ3n) is 1.66. The van der Waals surface area contributed by atoms with Crippen LogP contribution in [0.15, 0.2) is 0 Å². The highest BCUT2D eigenvalue weighted by atomic mass is 32.1. The molecule has 0 spiro atoms. The minimum atomic E-state index is -1.03. The summed E-state index contributed by atoms with van der Waals surface area (Å²) >= 11 is 1.34. The zero-order valence-electron chi connectivity index (χ0n) is 9.02. The molecule has 0 radical (unpaired) electrons. The topological polar surface area (TPSA) is 75.1 Å². The van der Waals surface area contributed by atoms with E-state index in [0.29, 0.717) is 11.0 Å². The number of rotatable bonds is 4. The Bertz CT molecular complexity index is 336. The number of hydrogen-bond donors (Lipinski definition) is 2. The zero-order valence-corrected chi connectivity index (χ0v) is 9.84. The van der Waals surface area contributed by atoms with E-state index < -0.39 is 12.0 Å². The van der Waals surface area contributed by atoms with E-state index in [9.17, 15) is 4.79 Å². The van der Waals surface area contributed by atoms with E-state index in [-0.39, 0.29) is 0 Å². The molecule has 5 nitrogen and oxygen atoms in total. The van der Waals surface area contributed by atoms with Crippen LogP contribution in [0.25, 0.3) is 0 Å². The van der Waals surface area contributed by atoms with Crippen molar-refractivity contribution in [2.24, 2.45) is 5.92 Å². The van der Waals surface area contributed by atoms with Crippen LogP contribution in [-0.4, -0.2) is 27.3 Å². The molecule has 1 heterocycles. The fourth-order valence-electron chi connectivity index (χ4n) is 0.946. The summed E-state index contributed by atoms with van der Waals surface area (Å²) in [7, 11) is 0. The van der Waals surface area contributed by atoms with E-state index in [0.717, 1.165) is 11.4 Å². The average molecular weight is 229 g/mol. The number of aromatic nitrogens is 2. The number of nitrogens with zero attached hydrogens (tertiary/aromatic N) is 2. The van der Waals surface area contributed by atoms with Crippen LogP contribution in [0.5, 0.6) is 0 Å². The van der Waals surface area contributed by atoms with Crippen LogP contribution in [-0.2, 0) is 11.2 Å². The molecular weight excluding hydrogens is 214 g/mol. The normalized spacial score (nSPS) is 12.9. The largest absolute Gasteiger partial charge is 0.384 e. The van der Waals surface area contributed by atoms with E-state index in [1.165, 1.54) is 18.3 Å². The monoisotopic (exact) mass is 229 g/mol. The van der Waals surface area contributed by atoms with Gasteiger partial charge in [0.1, 0.15) is 11.1 Å². The molecule has 0 saturated heterocycles. The van der Waals surface area contributed by atoms with Crippen LogP contribution in [0.4, 0.5) is 5.13 Å². The van der Waals surface area contributed by atoms with Crippen LogP contribution in [0, 0.1) is 5.92 Å². The second kappa shape index (κ2) is 5.18. The Kier molecular flexibility index (Phi) is 4.16. The minimum absolute atomic E-state index is 0.441. The summed E-state index contributed by atoms with van der Waals surface area (Å²) in [4.78, 5) is 11.1. The first-order valence-corrected chi connectivity index (χ1v) is 5.62. The number of nitrogens with one attached hydrogen (secondary N) is 1. The van der Waals surface area contributed by atoms with E-state index in [1.807, 2.05) is 0 Å². The maximum atomic E-state index is 11.1. The highest BCUT2D eigenvalue weighted by Gasteiger charge is 2.12. The second-order valence-corrected chi connectivity index (χ2v) is 4.83. The summed E-state index contributed by atoms with van der Waals surface area (Å²) in [6.45, 7) is 5.59. The first-order chi connectivity index (χ1) is 6.99. The minimum Gasteiger partial charge on any atom is -0.384 e. The lowest BCUT2D eigenvalue weighted by Gasteiger charge is -2.01. The molecule has 1 aromatic rings. The van der Waals surface area contributed by atoms with Gasteiger partial charge in [0.05, 0.1) is 0 Å². The fraction of sp³-hybridized carbons (Fsp3) is 0.667. The Labute approximate surface area is 92.5 Å². The molecule has 0 aliphatic carbocycles. The Morgan fingerprint density at radius 3 is 2.67 bits per heavy atom. The summed E-state index contributed by atoms with van der Waals surface area (Å²) in [5, 5.41) is 20.6. The summed E-state index contributed by atoms with van der Waals surface area (Å²) < 4.78 is 0. The third kappa shape index (κ3) is 3.93. The average Bonchev–Trinajstić information content (AvgIpc) is 2.51. The van der Waals surface area contributed by atoms with Gasteiger partial charge in [0, 0.05) is 6.42 Å². The third-order valence-corrected chi connectivity index (χ3v) is 2.52. The molecule has 84 valence electrons. The number of carbonyl (C=O) groups is 1. The summed E-state index contributed by atoms with van der Waals surface area (Å²) in [5.41, 5.74) is 0. The van der Waals surface area contributed by atoms with Crippen molar-refractivity contribution in [2.75, 3.05) is 5.32 Å². The highest BCUT2D eigenvalue weighted by Crippen LogP contribution is 2.18. The Hall–Kier alpha value is -1.01. The lowest BCUT2D eigenvalue weighted by Crippen LogP contribution is -2.24. The number of amides is 1. The molecule has 1 atom stereocenters. The van der Waals surface area contributed by atoms with Crippen LogP contribution in [0.2, 0.25) is 0 Å². The van der Waals surface area contributed by atoms with Gasteiger partial charge in [-0.2, -0.15) is 0 Å². The smallest absolute Gasteiger partial charge is 0.254 e. The molecule has 1 unspecified atom stereocenters. The van der Waals surface area contributed by atoms with Crippen LogP contribution in [0.3, 0.4) is 0 Å². The van der Waals surface area contributed by atoms with Gasteiger partial charge in [0.2, 0.25) is 5.13 Å².